The van der Waals surface area contributed by atoms with Crippen LogP contribution in [0.4, 0.5) is 0 Å². The number of nitrogens with two attached hydrogens (primary N) is 1. The Hall–Kier alpha value is -0.610. The first kappa shape index (κ1) is 11.5. The maximum absolute atomic E-state index is 11.8. The number of likely N-dealkylation sites (tertiary alicyclic amines) is 1. The first-order valence-electron chi connectivity index (χ1n) is 5.28. The van der Waals surface area contributed by atoms with Gasteiger partial charge in [0.1, 0.15) is 0 Å². The van der Waals surface area contributed by atoms with Gasteiger partial charge in [-0.3, -0.25) is 4.79 Å². The van der Waals surface area contributed by atoms with Crippen LogP contribution in [-0.4, -0.2) is 41.1 Å². The topological polar surface area (TPSA) is 66.6 Å². The van der Waals surface area contributed by atoms with Crippen molar-refractivity contribution in [3.63, 3.8) is 0 Å². The van der Waals surface area contributed by atoms with E-state index >= 15 is 0 Å². The summed E-state index contributed by atoms with van der Waals surface area (Å²) >= 11 is 0. The van der Waals surface area contributed by atoms with Gasteiger partial charge in [0.2, 0.25) is 5.91 Å². The fourth-order valence-corrected chi connectivity index (χ4v) is 1.65. The molecule has 1 unspecified atom stereocenters. The minimum Gasteiger partial charge on any atom is -0.391 e. The highest BCUT2D eigenvalue weighted by Crippen LogP contribution is 2.14. The Balaban J connectivity index is 2.48. The van der Waals surface area contributed by atoms with Crippen LogP contribution >= 0.6 is 0 Å². The second-order valence-corrected chi connectivity index (χ2v) is 4.14. The molecule has 1 aliphatic heterocycles. The Morgan fingerprint density at radius 3 is 2.79 bits per heavy atom. The summed E-state index contributed by atoms with van der Waals surface area (Å²) in [5.41, 5.74) is 5.82. The number of amides is 1. The molecule has 0 aromatic heterocycles. The zero-order valence-electron chi connectivity index (χ0n) is 8.94. The molecule has 1 heterocycles. The molecule has 4 nitrogen and oxygen atoms in total. The van der Waals surface area contributed by atoms with Crippen LogP contribution in [0.2, 0.25) is 0 Å². The number of rotatable bonds is 3. The maximum atomic E-state index is 11.8. The van der Waals surface area contributed by atoms with E-state index in [-0.39, 0.29) is 17.9 Å². The van der Waals surface area contributed by atoms with E-state index in [1.807, 2.05) is 13.8 Å². The van der Waals surface area contributed by atoms with Gasteiger partial charge < -0.3 is 15.7 Å². The normalized spacial score (nSPS) is 26.3. The quantitative estimate of drug-likeness (QED) is 0.671. The lowest BCUT2D eigenvalue weighted by molar-refractivity contribution is -0.133. The van der Waals surface area contributed by atoms with Crippen molar-refractivity contribution in [1.29, 1.82) is 0 Å². The standard InChI is InChI=1S/C10H20N2O2/c1-3-7(2)9(11)10(14)12-5-4-8(13)6-12/h7-9,13H,3-6,11H2,1-2H3/t7?,8-,9-/m0/s1. The third-order valence-electron chi connectivity index (χ3n) is 3.02. The summed E-state index contributed by atoms with van der Waals surface area (Å²) in [4.78, 5) is 13.4. The zero-order chi connectivity index (χ0) is 10.7. The van der Waals surface area contributed by atoms with Crippen LogP contribution < -0.4 is 5.73 Å². The molecule has 0 aromatic rings. The molecule has 1 saturated heterocycles. The van der Waals surface area contributed by atoms with Crippen molar-refractivity contribution in [2.75, 3.05) is 13.1 Å². The molecule has 3 atom stereocenters. The lowest BCUT2D eigenvalue weighted by atomic mass is 9.99. The first-order valence-corrected chi connectivity index (χ1v) is 5.28. The molecule has 0 aromatic carbocycles. The minimum atomic E-state index is -0.412. The monoisotopic (exact) mass is 200 g/mol. The lowest BCUT2D eigenvalue weighted by Gasteiger charge is -2.23. The molecule has 1 amide bonds. The minimum absolute atomic E-state index is 0.0177. The molecule has 0 saturated carbocycles. The van der Waals surface area contributed by atoms with Crippen LogP contribution in [0, 0.1) is 5.92 Å². The number of carbonyl (C=O) groups excluding carboxylic acids is 1. The SMILES string of the molecule is CCC(C)[C@H](N)C(=O)N1CC[C@H](O)C1. The molecular formula is C10H20N2O2. The predicted octanol–water partition coefficient (Wildman–Crippen LogP) is -0.0470. The summed E-state index contributed by atoms with van der Waals surface area (Å²) in [6.07, 6.45) is 1.23. The van der Waals surface area contributed by atoms with Crippen molar-refractivity contribution in [3.8, 4) is 0 Å². The maximum Gasteiger partial charge on any atom is 0.239 e. The second-order valence-electron chi connectivity index (χ2n) is 4.14. The van der Waals surface area contributed by atoms with Crippen molar-refractivity contribution in [1.82, 2.24) is 4.90 Å². The van der Waals surface area contributed by atoms with Crippen LogP contribution in [0.3, 0.4) is 0 Å². The van der Waals surface area contributed by atoms with Crippen molar-refractivity contribution in [2.45, 2.75) is 38.8 Å². The predicted molar refractivity (Wildman–Crippen MR) is 54.6 cm³/mol. The Labute approximate surface area is 85.1 Å². The molecule has 0 spiro atoms. The van der Waals surface area contributed by atoms with E-state index in [1.54, 1.807) is 4.90 Å². The van der Waals surface area contributed by atoms with Gasteiger partial charge in [-0.15, -0.1) is 0 Å². The van der Waals surface area contributed by atoms with E-state index in [1.165, 1.54) is 0 Å². The number of aliphatic hydroxyl groups is 1. The van der Waals surface area contributed by atoms with E-state index in [0.29, 0.717) is 19.5 Å². The Morgan fingerprint density at radius 1 is 1.71 bits per heavy atom. The number of aliphatic hydroxyl groups excluding tert-OH is 1. The third-order valence-corrected chi connectivity index (χ3v) is 3.02. The van der Waals surface area contributed by atoms with Crippen LogP contribution in [0.5, 0.6) is 0 Å². The lowest BCUT2D eigenvalue weighted by Crippen LogP contribution is -2.46. The van der Waals surface area contributed by atoms with Crippen LogP contribution in [0.1, 0.15) is 26.7 Å². The Kier molecular flexibility index (Phi) is 3.89. The van der Waals surface area contributed by atoms with Crippen LogP contribution in [0.25, 0.3) is 0 Å². The molecule has 0 radical (unpaired) electrons. The van der Waals surface area contributed by atoms with Gasteiger partial charge >= 0.3 is 0 Å². The smallest absolute Gasteiger partial charge is 0.239 e. The van der Waals surface area contributed by atoms with Crippen molar-refractivity contribution in [2.24, 2.45) is 11.7 Å². The fraction of sp³-hybridized carbons (Fsp3) is 0.900. The van der Waals surface area contributed by atoms with E-state index < -0.39 is 6.04 Å². The molecule has 82 valence electrons. The van der Waals surface area contributed by atoms with Gasteiger partial charge in [-0.05, 0) is 12.3 Å². The van der Waals surface area contributed by atoms with Gasteiger partial charge in [0.15, 0.2) is 0 Å². The molecule has 0 aliphatic carbocycles. The molecule has 1 rings (SSSR count). The highest BCUT2D eigenvalue weighted by molar-refractivity contribution is 5.82. The van der Waals surface area contributed by atoms with Crippen molar-refractivity contribution >= 4 is 5.91 Å². The van der Waals surface area contributed by atoms with E-state index in [4.69, 9.17) is 5.73 Å². The van der Waals surface area contributed by atoms with Gasteiger partial charge in [-0.25, -0.2) is 0 Å². The molecule has 14 heavy (non-hydrogen) atoms. The average Bonchev–Trinajstić information content (AvgIpc) is 2.61. The Bertz CT molecular complexity index is 204. The Morgan fingerprint density at radius 2 is 2.36 bits per heavy atom. The second kappa shape index (κ2) is 4.75. The summed E-state index contributed by atoms with van der Waals surface area (Å²) in [5, 5.41) is 9.29. The van der Waals surface area contributed by atoms with Crippen LogP contribution in [-0.2, 0) is 4.79 Å². The molecular weight excluding hydrogens is 180 g/mol. The number of nitrogens with zero attached hydrogens (tertiary/aromatic N) is 1. The summed E-state index contributed by atoms with van der Waals surface area (Å²) in [6.45, 7) is 5.10. The molecule has 1 fully saturated rings. The number of β-amino-alcohol motifs (C(OH)–C–C–N with tert-alkyl or cyclic N) is 1. The average molecular weight is 200 g/mol. The van der Waals surface area contributed by atoms with Gasteiger partial charge in [0.25, 0.3) is 0 Å². The van der Waals surface area contributed by atoms with Gasteiger partial charge in [0.05, 0.1) is 12.1 Å². The third kappa shape index (κ3) is 2.45. The number of carbonyl (C=O) groups is 1. The summed E-state index contributed by atoms with van der Waals surface area (Å²) in [7, 11) is 0. The molecule has 0 bridgehead atoms. The van der Waals surface area contributed by atoms with Crippen molar-refractivity contribution < 1.29 is 9.90 Å². The van der Waals surface area contributed by atoms with Gasteiger partial charge in [0, 0.05) is 13.1 Å². The zero-order valence-corrected chi connectivity index (χ0v) is 8.94. The molecule has 1 aliphatic rings. The number of hydrogen-bond acceptors (Lipinski definition) is 3. The van der Waals surface area contributed by atoms with E-state index in [9.17, 15) is 9.90 Å². The van der Waals surface area contributed by atoms with Gasteiger partial charge in [-0.1, -0.05) is 20.3 Å². The van der Waals surface area contributed by atoms with Crippen LogP contribution in [0.15, 0.2) is 0 Å². The summed E-state index contributed by atoms with van der Waals surface area (Å²) < 4.78 is 0. The summed E-state index contributed by atoms with van der Waals surface area (Å²) in [6, 6.07) is -0.412. The van der Waals surface area contributed by atoms with E-state index in [2.05, 4.69) is 0 Å². The highest BCUT2D eigenvalue weighted by Gasteiger charge is 2.29. The summed E-state index contributed by atoms with van der Waals surface area (Å²) in [5.74, 6) is 0.191. The largest absolute Gasteiger partial charge is 0.391 e. The number of hydrogen-bond donors (Lipinski definition) is 2. The fourth-order valence-electron chi connectivity index (χ4n) is 1.65. The molecule has 4 heteroatoms. The molecule has 3 N–H and O–H groups in total. The highest BCUT2D eigenvalue weighted by atomic mass is 16.3. The van der Waals surface area contributed by atoms with Crippen molar-refractivity contribution in [3.05, 3.63) is 0 Å². The first-order chi connectivity index (χ1) is 6.56. The van der Waals surface area contributed by atoms with E-state index in [0.717, 1.165) is 6.42 Å². The van der Waals surface area contributed by atoms with Gasteiger partial charge in [-0.2, -0.15) is 0 Å².